The summed E-state index contributed by atoms with van der Waals surface area (Å²) in [6.45, 7) is 6.62. The molecule has 102 valence electrons. The summed E-state index contributed by atoms with van der Waals surface area (Å²) < 4.78 is 10.9. The quantitative estimate of drug-likeness (QED) is 0.847. The van der Waals surface area contributed by atoms with Crippen LogP contribution >= 0.6 is 0 Å². The monoisotopic (exact) mass is 254 g/mol. The predicted octanol–water partition coefficient (Wildman–Crippen LogP) is 0.599. The smallest absolute Gasteiger partial charge is 0.228 e. The molecule has 2 heterocycles. The SMILES string of the molecule is CC(C)C(N)Cc1nc(C2CN(C)CCO2)no1. The van der Waals surface area contributed by atoms with Gasteiger partial charge in [-0.3, -0.25) is 0 Å². The van der Waals surface area contributed by atoms with Gasteiger partial charge in [-0.1, -0.05) is 19.0 Å². The van der Waals surface area contributed by atoms with Crippen LogP contribution in [0.3, 0.4) is 0 Å². The van der Waals surface area contributed by atoms with Crippen molar-refractivity contribution in [2.45, 2.75) is 32.4 Å². The Morgan fingerprint density at radius 1 is 1.50 bits per heavy atom. The molecule has 18 heavy (non-hydrogen) atoms. The lowest BCUT2D eigenvalue weighted by atomic mass is 10.0. The van der Waals surface area contributed by atoms with Gasteiger partial charge in [-0.05, 0) is 13.0 Å². The van der Waals surface area contributed by atoms with E-state index in [4.69, 9.17) is 15.0 Å². The molecule has 0 spiro atoms. The summed E-state index contributed by atoms with van der Waals surface area (Å²) in [5, 5.41) is 3.99. The summed E-state index contributed by atoms with van der Waals surface area (Å²) in [5.74, 6) is 1.63. The Kier molecular flexibility index (Phi) is 4.31. The summed E-state index contributed by atoms with van der Waals surface area (Å²) >= 11 is 0. The minimum atomic E-state index is -0.0866. The van der Waals surface area contributed by atoms with Gasteiger partial charge in [-0.25, -0.2) is 0 Å². The molecule has 1 saturated heterocycles. The van der Waals surface area contributed by atoms with Crippen LogP contribution in [0.5, 0.6) is 0 Å². The van der Waals surface area contributed by atoms with Gasteiger partial charge >= 0.3 is 0 Å². The average Bonchev–Trinajstić information content (AvgIpc) is 2.77. The average molecular weight is 254 g/mol. The molecule has 1 aromatic rings. The molecule has 0 aliphatic carbocycles. The molecule has 2 atom stereocenters. The first-order valence-electron chi connectivity index (χ1n) is 6.44. The summed E-state index contributed by atoms with van der Waals surface area (Å²) in [6, 6.07) is 0.0493. The van der Waals surface area contributed by atoms with Crippen LogP contribution < -0.4 is 5.73 Å². The molecule has 1 fully saturated rings. The summed E-state index contributed by atoms with van der Waals surface area (Å²) in [4.78, 5) is 6.58. The Morgan fingerprint density at radius 2 is 2.28 bits per heavy atom. The van der Waals surface area contributed by atoms with Gasteiger partial charge in [0.2, 0.25) is 11.7 Å². The van der Waals surface area contributed by atoms with Crippen molar-refractivity contribution in [1.29, 1.82) is 0 Å². The second kappa shape index (κ2) is 5.77. The first-order valence-corrected chi connectivity index (χ1v) is 6.44. The number of rotatable bonds is 4. The van der Waals surface area contributed by atoms with E-state index in [2.05, 4.69) is 35.9 Å². The lowest BCUT2D eigenvalue weighted by molar-refractivity contribution is -0.0264. The maximum Gasteiger partial charge on any atom is 0.228 e. The summed E-state index contributed by atoms with van der Waals surface area (Å²) in [6.07, 6.45) is 0.532. The van der Waals surface area contributed by atoms with Crippen molar-refractivity contribution in [2.75, 3.05) is 26.7 Å². The number of morpholine rings is 1. The zero-order chi connectivity index (χ0) is 13.1. The van der Waals surface area contributed by atoms with Gasteiger partial charge in [-0.2, -0.15) is 4.98 Å². The maximum atomic E-state index is 5.99. The third kappa shape index (κ3) is 3.28. The Hall–Kier alpha value is -0.980. The van der Waals surface area contributed by atoms with Gasteiger partial charge < -0.3 is 19.9 Å². The highest BCUT2D eigenvalue weighted by atomic mass is 16.5. The Balaban J connectivity index is 1.97. The van der Waals surface area contributed by atoms with Crippen LogP contribution in [0.4, 0.5) is 0 Å². The highest BCUT2D eigenvalue weighted by molar-refractivity contribution is 4.95. The molecule has 1 aromatic heterocycles. The van der Waals surface area contributed by atoms with E-state index in [1.807, 2.05) is 0 Å². The van der Waals surface area contributed by atoms with Crippen molar-refractivity contribution >= 4 is 0 Å². The highest BCUT2D eigenvalue weighted by Gasteiger charge is 2.25. The number of likely N-dealkylation sites (N-methyl/N-ethyl adjacent to an activating group) is 1. The van der Waals surface area contributed by atoms with Gasteiger partial charge in [0.15, 0.2) is 0 Å². The maximum absolute atomic E-state index is 5.99. The van der Waals surface area contributed by atoms with Gasteiger partial charge in [0.1, 0.15) is 6.10 Å². The van der Waals surface area contributed by atoms with E-state index in [9.17, 15) is 0 Å². The van der Waals surface area contributed by atoms with E-state index in [0.717, 1.165) is 13.1 Å². The third-order valence-electron chi connectivity index (χ3n) is 3.31. The summed E-state index contributed by atoms with van der Waals surface area (Å²) in [5.41, 5.74) is 5.99. The molecule has 6 heteroatoms. The molecule has 1 aliphatic rings. The normalized spacial score (nSPS) is 23.5. The lowest BCUT2D eigenvalue weighted by Gasteiger charge is -2.27. The van der Waals surface area contributed by atoms with Crippen LogP contribution in [0.1, 0.15) is 31.7 Å². The van der Waals surface area contributed by atoms with Crippen LogP contribution in [-0.4, -0.2) is 47.8 Å². The molecular formula is C12H22N4O2. The fraction of sp³-hybridized carbons (Fsp3) is 0.833. The zero-order valence-electron chi connectivity index (χ0n) is 11.3. The molecule has 0 bridgehead atoms. The van der Waals surface area contributed by atoms with Crippen LogP contribution in [0, 0.1) is 5.92 Å². The van der Waals surface area contributed by atoms with Crippen molar-refractivity contribution in [2.24, 2.45) is 11.7 Å². The fourth-order valence-corrected chi connectivity index (χ4v) is 1.85. The third-order valence-corrected chi connectivity index (χ3v) is 3.31. The number of nitrogens with zero attached hydrogens (tertiary/aromatic N) is 3. The van der Waals surface area contributed by atoms with Crippen molar-refractivity contribution in [3.63, 3.8) is 0 Å². The zero-order valence-corrected chi connectivity index (χ0v) is 11.3. The van der Waals surface area contributed by atoms with E-state index < -0.39 is 0 Å². The predicted molar refractivity (Wildman–Crippen MR) is 67.0 cm³/mol. The van der Waals surface area contributed by atoms with Gasteiger partial charge in [0.25, 0.3) is 0 Å². The number of aromatic nitrogens is 2. The van der Waals surface area contributed by atoms with Gasteiger partial charge in [-0.15, -0.1) is 0 Å². The topological polar surface area (TPSA) is 77.4 Å². The van der Waals surface area contributed by atoms with Crippen molar-refractivity contribution in [3.05, 3.63) is 11.7 Å². The number of hydrogen-bond acceptors (Lipinski definition) is 6. The molecule has 0 aromatic carbocycles. The van der Waals surface area contributed by atoms with Gasteiger partial charge in [0, 0.05) is 25.6 Å². The van der Waals surface area contributed by atoms with E-state index in [1.54, 1.807) is 0 Å². The Morgan fingerprint density at radius 3 is 2.94 bits per heavy atom. The minimum absolute atomic E-state index is 0.0493. The minimum Gasteiger partial charge on any atom is -0.367 e. The first-order chi connectivity index (χ1) is 8.56. The first kappa shape index (κ1) is 13.5. The fourth-order valence-electron chi connectivity index (χ4n) is 1.85. The number of hydrogen-bond donors (Lipinski definition) is 1. The second-order valence-corrected chi connectivity index (χ2v) is 5.28. The molecule has 0 amide bonds. The summed E-state index contributed by atoms with van der Waals surface area (Å²) in [7, 11) is 2.06. The van der Waals surface area contributed by atoms with Crippen LogP contribution in [0.2, 0.25) is 0 Å². The van der Waals surface area contributed by atoms with Gasteiger partial charge in [0.05, 0.1) is 6.61 Å². The highest BCUT2D eigenvalue weighted by Crippen LogP contribution is 2.19. The van der Waals surface area contributed by atoms with Crippen molar-refractivity contribution in [1.82, 2.24) is 15.0 Å². The van der Waals surface area contributed by atoms with E-state index in [-0.39, 0.29) is 12.1 Å². The molecule has 0 saturated carbocycles. The molecular weight excluding hydrogens is 232 g/mol. The molecule has 6 nitrogen and oxygen atoms in total. The second-order valence-electron chi connectivity index (χ2n) is 5.28. The molecule has 2 N–H and O–H groups in total. The van der Waals surface area contributed by atoms with E-state index in [0.29, 0.717) is 30.7 Å². The molecule has 1 aliphatic heterocycles. The number of ether oxygens (including phenoxy) is 1. The standard InChI is InChI=1S/C12H22N4O2/c1-8(2)9(13)6-11-14-12(15-18-11)10-7-16(3)4-5-17-10/h8-10H,4-7,13H2,1-3H3. The Bertz CT molecular complexity index is 380. The van der Waals surface area contributed by atoms with E-state index in [1.165, 1.54) is 0 Å². The molecule has 2 unspecified atom stereocenters. The van der Waals surface area contributed by atoms with E-state index >= 15 is 0 Å². The molecule has 0 radical (unpaired) electrons. The molecule has 2 rings (SSSR count). The lowest BCUT2D eigenvalue weighted by Crippen LogP contribution is -2.35. The van der Waals surface area contributed by atoms with Crippen LogP contribution in [0.15, 0.2) is 4.52 Å². The van der Waals surface area contributed by atoms with Crippen molar-refractivity contribution < 1.29 is 9.26 Å². The van der Waals surface area contributed by atoms with Crippen LogP contribution in [-0.2, 0) is 11.2 Å². The van der Waals surface area contributed by atoms with Crippen molar-refractivity contribution in [3.8, 4) is 0 Å². The van der Waals surface area contributed by atoms with Crippen LogP contribution in [0.25, 0.3) is 0 Å². The largest absolute Gasteiger partial charge is 0.367 e. The Labute approximate surface area is 107 Å². The number of nitrogens with two attached hydrogens (primary N) is 1.